The van der Waals surface area contributed by atoms with E-state index in [-0.39, 0.29) is 0 Å². The van der Waals surface area contributed by atoms with Gasteiger partial charge in [-0.1, -0.05) is 17.9 Å². The van der Waals surface area contributed by atoms with Gasteiger partial charge in [-0.3, -0.25) is 0 Å². The lowest BCUT2D eigenvalue weighted by molar-refractivity contribution is 0.0520. The zero-order chi connectivity index (χ0) is 21.2. The van der Waals surface area contributed by atoms with E-state index in [2.05, 4.69) is 21.9 Å². The quantitative estimate of drug-likeness (QED) is 0.464. The molecule has 148 valence electrons. The second kappa shape index (κ2) is 7.76. The Labute approximate surface area is 168 Å². The molecule has 0 aliphatic carbocycles. The number of aryl methyl sites for hydroxylation is 1. The maximum absolute atomic E-state index is 12.3. The van der Waals surface area contributed by atoms with Crippen molar-refractivity contribution in [2.24, 2.45) is 0 Å². The molecule has 0 radical (unpaired) electrons. The van der Waals surface area contributed by atoms with Gasteiger partial charge in [0, 0.05) is 22.7 Å². The van der Waals surface area contributed by atoms with Crippen LogP contribution in [0.3, 0.4) is 0 Å². The molecule has 0 aliphatic heterocycles. The molecule has 0 saturated carbocycles. The molecule has 0 fully saturated rings. The lowest BCUT2D eigenvalue weighted by atomic mass is 10.0. The fraction of sp³-hybridized carbons (Fsp3) is 0.273. The molecule has 7 nitrogen and oxygen atoms in total. The molecule has 3 aromatic rings. The van der Waals surface area contributed by atoms with Gasteiger partial charge in [0.25, 0.3) is 0 Å². The molecule has 7 heteroatoms. The van der Waals surface area contributed by atoms with Gasteiger partial charge in [0.15, 0.2) is 5.65 Å². The van der Waals surface area contributed by atoms with Crippen LogP contribution in [-0.2, 0) is 9.47 Å². The van der Waals surface area contributed by atoms with Crippen LogP contribution in [0.2, 0.25) is 0 Å². The van der Waals surface area contributed by atoms with Crippen LogP contribution in [0.25, 0.3) is 11.0 Å². The number of pyridine rings is 1. The molecule has 0 N–H and O–H groups in total. The molecule has 29 heavy (non-hydrogen) atoms. The smallest absolute Gasteiger partial charge is 0.437 e. The van der Waals surface area contributed by atoms with Crippen LogP contribution in [0.1, 0.15) is 47.8 Å². The highest BCUT2D eigenvalue weighted by Crippen LogP contribution is 2.16. The minimum Gasteiger partial charge on any atom is -0.465 e. The Kier molecular flexibility index (Phi) is 5.37. The number of hydrogen-bond acceptors (Lipinski definition) is 6. The molecule has 0 atom stereocenters. The molecule has 1 aromatic carbocycles. The second-order valence-corrected chi connectivity index (χ2v) is 7.44. The number of rotatable bonds is 1. The first-order valence-corrected chi connectivity index (χ1v) is 8.96. The first kappa shape index (κ1) is 20.1. The Morgan fingerprint density at radius 2 is 1.86 bits per heavy atom. The number of ether oxygens (including phenoxy) is 2. The molecular weight excluding hydrogens is 370 g/mol. The first-order chi connectivity index (χ1) is 13.7. The van der Waals surface area contributed by atoms with Gasteiger partial charge in [0.2, 0.25) is 0 Å². The molecule has 3 rings (SSSR count). The standard InChI is InChI=1S/C22H21N3O4/c1-14-6-8-17(20(26)28-5)11-16(14)9-7-15-10-18-13-24-25(19(18)23-12-15)21(27)29-22(2,3)4/h6,8,10-13H,1-5H3. The zero-order valence-electron chi connectivity index (χ0n) is 16.9. The predicted molar refractivity (Wildman–Crippen MR) is 108 cm³/mol. The molecular formula is C22H21N3O4. The van der Waals surface area contributed by atoms with Gasteiger partial charge in [0.05, 0.1) is 18.9 Å². The summed E-state index contributed by atoms with van der Waals surface area (Å²) < 4.78 is 11.2. The number of hydrogen-bond donors (Lipinski definition) is 0. The Balaban J connectivity index is 1.90. The van der Waals surface area contributed by atoms with Crippen LogP contribution < -0.4 is 0 Å². The summed E-state index contributed by atoms with van der Waals surface area (Å²) in [6.45, 7) is 7.27. The summed E-state index contributed by atoms with van der Waals surface area (Å²) in [7, 11) is 1.34. The van der Waals surface area contributed by atoms with Crippen LogP contribution in [0, 0.1) is 18.8 Å². The van der Waals surface area contributed by atoms with Crippen molar-refractivity contribution in [3.8, 4) is 11.8 Å². The SMILES string of the molecule is COC(=O)c1ccc(C)c(C#Cc2cnc3c(cnn3C(=O)OC(C)(C)C)c2)c1. The Morgan fingerprint density at radius 1 is 1.10 bits per heavy atom. The lowest BCUT2D eigenvalue weighted by Gasteiger charge is -2.18. The van der Waals surface area contributed by atoms with Crippen molar-refractivity contribution in [3.05, 3.63) is 58.9 Å². The third-order valence-electron chi connectivity index (χ3n) is 3.97. The lowest BCUT2D eigenvalue weighted by Crippen LogP contribution is -2.27. The molecule has 2 heterocycles. The van der Waals surface area contributed by atoms with Gasteiger partial charge in [-0.05, 0) is 51.5 Å². The van der Waals surface area contributed by atoms with Crippen LogP contribution in [0.15, 0.2) is 36.7 Å². The minimum atomic E-state index is -0.628. The predicted octanol–water partition coefficient (Wildman–Crippen LogP) is 3.71. The maximum Gasteiger partial charge on any atom is 0.437 e. The number of benzene rings is 1. The van der Waals surface area contributed by atoms with Gasteiger partial charge in [-0.2, -0.15) is 5.10 Å². The Morgan fingerprint density at radius 3 is 2.55 bits per heavy atom. The number of nitrogens with zero attached hydrogens (tertiary/aromatic N) is 3. The van der Waals surface area contributed by atoms with Gasteiger partial charge in [0.1, 0.15) is 5.60 Å². The van der Waals surface area contributed by atoms with Crippen molar-refractivity contribution in [2.75, 3.05) is 7.11 Å². The van der Waals surface area contributed by atoms with E-state index in [4.69, 9.17) is 9.47 Å². The summed E-state index contributed by atoms with van der Waals surface area (Å²) >= 11 is 0. The van der Waals surface area contributed by atoms with Crippen LogP contribution in [0.5, 0.6) is 0 Å². The Hall–Kier alpha value is -3.66. The van der Waals surface area contributed by atoms with Crippen LogP contribution >= 0.6 is 0 Å². The first-order valence-electron chi connectivity index (χ1n) is 8.96. The number of aromatic nitrogens is 3. The third-order valence-corrected chi connectivity index (χ3v) is 3.97. The van der Waals surface area contributed by atoms with Crippen molar-refractivity contribution in [1.29, 1.82) is 0 Å². The van der Waals surface area contributed by atoms with Crippen molar-refractivity contribution in [3.63, 3.8) is 0 Å². The normalized spacial score (nSPS) is 10.9. The average molecular weight is 391 g/mol. The van der Waals surface area contributed by atoms with Crippen LogP contribution in [-0.4, -0.2) is 39.5 Å². The highest BCUT2D eigenvalue weighted by atomic mass is 16.6. The highest BCUT2D eigenvalue weighted by molar-refractivity contribution is 5.90. The van der Waals surface area contributed by atoms with E-state index >= 15 is 0 Å². The summed E-state index contributed by atoms with van der Waals surface area (Å²) in [5.41, 5.74) is 2.53. The van der Waals surface area contributed by atoms with Gasteiger partial charge < -0.3 is 9.47 Å². The monoisotopic (exact) mass is 391 g/mol. The van der Waals surface area contributed by atoms with E-state index in [1.807, 2.05) is 13.0 Å². The van der Waals surface area contributed by atoms with E-state index in [1.165, 1.54) is 7.11 Å². The van der Waals surface area contributed by atoms with Crippen LogP contribution in [0.4, 0.5) is 4.79 Å². The highest BCUT2D eigenvalue weighted by Gasteiger charge is 2.20. The molecule has 0 aliphatic rings. The molecule has 0 unspecified atom stereocenters. The van der Waals surface area contributed by atoms with E-state index < -0.39 is 17.7 Å². The fourth-order valence-corrected chi connectivity index (χ4v) is 2.57. The second-order valence-electron chi connectivity index (χ2n) is 7.44. The molecule has 0 amide bonds. The van der Waals surface area contributed by atoms with Gasteiger partial charge in [-0.25, -0.2) is 14.6 Å². The fourth-order valence-electron chi connectivity index (χ4n) is 2.57. The number of carbonyl (C=O) groups excluding carboxylic acids is 2. The number of methoxy groups -OCH3 is 1. The summed E-state index contributed by atoms with van der Waals surface area (Å²) in [6, 6.07) is 7.01. The van der Waals surface area contributed by atoms with E-state index in [0.29, 0.717) is 22.2 Å². The maximum atomic E-state index is 12.3. The summed E-state index contributed by atoms with van der Waals surface area (Å²) in [6.07, 6.45) is 2.52. The average Bonchev–Trinajstić information content (AvgIpc) is 3.08. The van der Waals surface area contributed by atoms with Gasteiger partial charge in [-0.15, -0.1) is 4.68 Å². The largest absolute Gasteiger partial charge is 0.465 e. The van der Waals surface area contributed by atoms with Crippen molar-refractivity contribution in [2.45, 2.75) is 33.3 Å². The summed E-state index contributed by atoms with van der Waals surface area (Å²) in [5.74, 6) is 5.68. The molecule has 0 spiro atoms. The molecule has 0 bridgehead atoms. The van der Waals surface area contributed by atoms with Crippen molar-refractivity contribution < 1.29 is 19.1 Å². The minimum absolute atomic E-state index is 0.397. The molecule has 2 aromatic heterocycles. The number of fused-ring (bicyclic) bond motifs is 1. The summed E-state index contributed by atoms with van der Waals surface area (Å²) in [4.78, 5) is 28.3. The van der Waals surface area contributed by atoms with E-state index in [9.17, 15) is 9.59 Å². The topological polar surface area (TPSA) is 83.3 Å². The zero-order valence-corrected chi connectivity index (χ0v) is 16.9. The van der Waals surface area contributed by atoms with Crippen molar-refractivity contribution in [1.82, 2.24) is 14.8 Å². The Bertz CT molecular complexity index is 1160. The number of esters is 1. The third kappa shape index (κ3) is 4.61. The van der Waals surface area contributed by atoms with E-state index in [0.717, 1.165) is 15.8 Å². The van der Waals surface area contributed by atoms with E-state index in [1.54, 1.807) is 51.4 Å². The van der Waals surface area contributed by atoms with Crippen molar-refractivity contribution >= 4 is 23.1 Å². The van der Waals surface area contributed by atoms with Gasteiger partial charge >= 0.3 is 12.1 Å². The number of carbonyl (C=O) groups is 2. The summed E-state index contributed by atoms with van der Waals surface area (Å²) in [5, 5.41) is 4.74. The molecule has 0 saturated heterocycles.